The lowest BCUT2D eigenvalue weighted by molar-refractivity contribution is 0.0949. The molecule has 0 fully saturated rings. The second-order valence-electron chi connectivity index (χ2n) is 7.12. The Morgan fingerprint density at radius 2 is 1.93 bits per heavy atom. The number of halogens is 1. The highest BCUT2D eigenvalue weighted by atomic mass is 35.5. The van der Waals surface area contributed by atoms with E-state index in [2.05, 4.69) is 25.2 Å². The van der Waals surface area contributed by atoms with Crippen molar-refractivity contribution in [1.82, 2.24) is 29.9 Å². The van der Waals surface area contributed by atoms with E-state index in [1.54, 1.807) is 16.8 Å². The average Bonchev–Trinajstić information content (AvgIpc) is 3.10. The van der Waals surface area contributed by atoms with Crippen molar-refractivity contribution in [2.45, 2.75) is 52.6 Å². The van der Waals surface area contributed by atoms with Crippen molar-refractivity contribution in [3.05, 3.63) is 57.9 Å². The molecule has 1 aliphatic rings. The number of carbonyl (C=O) groups is 1. The van der Waals surface area contributed by atoms with E-state index in [1.165, 1.54) is 6.42 Å². The lowest BCUT2D eigenvalue weighted by atomic mass is 10.2. The predicted molar refractivity (Wildman–Crippen MR) is 107 cm³/mol. The molecule has 0 unspecified atom stereocenters. The van der Waals surface area contributed by atoms with Crippen LogP contribution in [-0.2, 0) is 19.5 Å². The summed E-state index contributed by atoms with van der Waals surface area (Å²) in [7, 11) is 0. The molecule has 7 nitrogen and oxygen atoms in total. The van der Waals surface area contributed by atoms with E-state index in [0.717, 1.165) is 54.5 Å². The summed E-state index contributed by atoms with van der Waals surface area (Å²) in [5, 5.41) is 16.6. The van der Waals surface area contributed by atoms with E-state index in [-0.39, 0.29) is 5.91 Å². The van der Waals surface area contributed by atoms with Crippen molar-refractivity contribution in [2.24, 2.45) is 0 Å². The summed E-state index contributed by atoms with van der Waals surface area (Å²) in [6.07, 6.45) is 4.45. The van der Waals surface area contributed by atoms with Gasteiger partial charge in [0.2, 0.25) is 0 Å². The van der Waals surface area contributed by atoms with Crippen molar-refractivity contribution in [3.63, 3.8) is 0 Å². The lowest BCUT2D eigenvalue weighted by Crippen LogP contribution is -2.25. The number of benzene rings is 1. The van der Waals surface area contributed by atoms with Gasteiger partial charge in [0.1, 0.15) is 5.82 Å². The third-order valence-electron chi connectivity index (χ3n) is 5.17. The van der Waals surface area contributed by atoms with Crippen molar-refractivity contribution < 1.29 is 4.79 Å². The van der Waals surface area contributed by atoms with Crippen LogP contribution in [0.3, 0.4) is 0 Å². The molecule has 146 valence electrons. The van der Waals surface area contributed by atoms with E-state index < -0.39 is 0 Å². The van der Waals surface area contributed by atoms with Gasteiger partial charge in [0, 0.05) is 18.5 Å². The molecule has 28 heavy (non-hydrogen) atoms. The highest BCUT2D eigenvalue weighted by Crippen LogP contribution is 2.22. The molecule has 4 rings (SSSR count). The molecule has 8 heteroatoms. The first-order chi connectivity index (χ1) is 13.5. The van der Waals surface area contributed by atoms with Gasteiger partial charge in [-0.3, -0.25) is 4.79 Å². The second kappa shape index (κ2) is 7.75. The van der Waals surface area contributed by atoms with Gasteiger partial charge < -0.3 is 9.88 Å². The van der Waals surface area contributed by atoms with Crippen LogP contribution in [0.2, 0.25) is 5.02 Å². The normalized spacial score (nSPS) is 13.8. The average molecular weight is 399 g/mol. The highest BCUT2D eigenvalue weighted by Gasteiger charge is 2.16. The first-order valence-electron chi connectivity index (χ1n) is 9.56. The molecule has 1 N–H and O–H groups in total. The number of nitrogens with one attached hydrogen (secondary N) is 1. The second-order valence-corrected chi connectivity index (χ2v) is 7.50. The zero-order valence-electron chi connectivity index (χ0n) is 16.1. The molecule has 3 aromatic rings. The zero-order valence-corrected chi connectivity index (χ0v) is 16.8. The largest absolute Gasteiger partial charge is 0.345 e. The minimum Gasteiger partial charge on any atom is -0.345 e. The maximum absolute atomic E-state index is 12.5. The van der Waals surface area contributed by atoms with Crippen LogP contribution < -0.4 is 5.32 Å². The van der Waals surface area contributed by atoms with Crippen LogP contribution in [0.5, 0.6) is 0 Å². The van der Waals surface area contributed by atoms with Crippen LogP contribution in [0, 0.1) is 13.8 Å². The number of hydrogen-bond acceptors (Lipinski definition) is 4. The molecular weight excluding hydrogens is 376 g/mol. The SMILES string of the molecule is Cc1nn(-c2ccc(C(=O)NCc3nnc4n3CCCCC4)cc2)c(C)c1Cl. The topological polar surface area (TPSA) is 77.6 Å². The summed E-state index contributed by atoms with van der Waals surface area (Å²) in [6.45, 7) is 5.09. The standard InChI is InChI=1S/C20H23ClN6O/c1-13-19(21)14(2)27(25-13)16-9-7-15(8-10-16)20(28)22-12-18-24-23-17-6-4-3-5-11-26(17)18/h7-10H,3-6,11-12H2,1-2H3,(H,22,28). The van der Waals surface area contributed by atoms with Gasteiger partial charge in [-0.2, -0.15) is 5.10 Å². The van der Waals surface area contributed by atoms with Gasteiger partial charge in [-0.1, -0.05) is 18.0 Å². The molecule has 0 atom stereocenters. The maximum Gasteiger partial charge on any atom is 0.251 e. The summed E-state index contributed by atoms with van der Waals surface area (Å²) >= 11 is 6.22. The fourth-order valence-electron chi connectivity index (χ4n) is 3.57. The van der Waals surface area contributed by atoms with E-state index in [0.29, 0.717) is 17.1 Å². The van der Waals surface area contributed by atoms with Crippen molar-refractivity contribution in [3.8, 4) is 5.69 Å². The quantitative estimate of drug-likeness (QED) is 0.730. The molecule has 0 bridgehead atoms. The Labute approximate surface area is 168 Å². The zero-order chi connectivity index (χ0) is 19.7. The maximum atomic E-state index is 12.5. The van der Waals surface area contributed by atoms with Gasteiger partial charge in [0.15, 0.2) is 5.82 Å². The fraction of sp³-hybridized carbons (Fsp3) is 0.400. The summed E-state index contributed by atoms with van der Waals surface area (Å²) in [6, 6.07) is 7.32. The van der Waals surface area contributed by atoms with Gasteiger partial charge in [0.05, 0.1) is 28.6 Å². The third-order valence-corrected chi connectivity index (χ3v) is 5.72. The Morgan fingerprint density at radius 1 is 1.14 bits per heavy atom. The number of aryl methyl sites for hydroxylation is 2. The molecule has 1 amide bonds. The molecular formula is C20H23ClN6O. The molecule has 0 aliphatic carbocycles. The van der Waals surface area contributed by atoms with E-state index in [4.69, 9.17) is 11.6 Å². The van der Waals surface area contributed by atoms with Gasteiger partial charge in [0.25, 0.3) is 5.91 Å². The number of nitrogens with zero attached hydrogens (tertiary/aromatic N) is 5. The third kappa shape index (κ3) is 3.54. The van der Waals surface area contributed by atoms with Gasteiger partial charge >= 0.3 is 0 Å². The fourth-order valence-corrected chi connectivity index (χ4v) is 3.68. The minimum atomic E-state index is -0.135. The molecule has 2 aromatic heterocycles. The molecule has 1 aromatic carbocycles. The van der Waals surface area contributed by atoms with Crippen LogP contribution in [0.4, 0.5) is 0 Å². The summed E-state index contributed by atoms with van der Waals surface area (Å²) in [5.41, 5.74) is 3.12. The van der Waals surface area contributed by atoms with Crippen molar-refractivity contribution in [1.29, 1.82) is 0 Å². The first-order valence-corrected chi connectivity index (χ1v) is 9.93. The number of fused-ring (bicyclic) bond motifs is 1. The monoisotopic (exact) mass is 398 g/mol. The molecule has 3 heterocycles. The smallest absolute Gasteiger partial charge is 0.251 e. The Bertz CT molecular complexity index is 1000. The lowest BCUT2D eigenvalue weighted by Gasteiger charge is -2.09. The summed E-state index contributed by atoms with van der Waals surface area (Å²) < 4.78 is 3.92. The molecule has 0 radical (unpaired) electrons. The Balaban J connectivity index is 1.44. The minimum absolute atomic E-state index is 0.135. The number of carbonyl (C=O) groups excluding carboxylic acids is 1. The van der Waals surface area contributed by atoms with E-state index in [9.17, 15) is 4.79 Å². The molecule has 1 aliphatic heterocycles. The number of amides is 1. The Morgan fingerprint density at radius 3 is 2.64 bits per heavy atom. The van der Waals surface area contributed by atoms with Gasteiger partial charge in [-0.05, 0) is 51.0 Å². The van der Waals surface area contributed by atoms with Crippen LogP contribution in [0.25, 0.3) is 5.69 Å². The van der Waals surface area contributed by atoms with E-state index in [1.807, 2.05) is 26.0 Å². The highest BCUT2D eigenvalue weighted by molar-refractivity contribution is 6.31. The first kappa shape index (κ1) is 18.7. The van der Waals surface area contributed by atoms with Crippen LogP contribution >= 0.6 is 11.6 Å². The van der Waals surface area contributed by atoms with Gasteiger partial charge in [-0.25, -0.2) is 4.68 Å². The van der Waals surface area contributed by atoms with Crippen LogP contribution in [0.1, 0.15) is 52.7 Å². The van der Waals surface area contributed by atoms with Crippen LogP contribution in [0.15, 0.2) is 24.3 Å². The van der Waals surface area contributed by atoms with Crippen molar-refractivity contribution in [2.75, 3.05) is 0 Å². The molecule has 0 saturated carbocycles. The number of rotatable bonds is 4. The summed E-state index contributed by atoms with van der Waals surface area (Å²) in [5.74, 6) is 1.71. The van der Waals surface area contributed by atoms with E-state index >= 15 is 0 Å². The Hall–Kier alpha value is -2.67. The molecule has 0 saturated heterocycles. The van der Waals surface area contributed by atoms with Crippen LogP contribution in [-0.4, -0.2) is 30.5 Å². The summed E-state index contributed by atoms with van der Waals surface area (Å²) in [4.78, 5) is 12.5. The van der Waals surface area contributed by atoms with Gasteiger partial charge in [-0.15, -0.1) is 10.2 Å². The number of aromatic nitrogens is 5. The predicted octanol–water partition coefficient (Wildman–Crippen LogP) is 3.39. The molecule has 0 spiro atoms. The number of hydrogen-bond donors (Lipinski definition) is 1. The Kier molecular flexibility index (Phi) is 5.17. The van der Waals surface area contributed by atoms with Crippen molar-refractivity contribution >= 4 is 17.5 Å².